The predicted molar refractivity (Wildman–Crippen MR) is 99.7 cm³/mol. The van der Waals surface area contributed by atoms with Crippen LogP contribution in [0.5, 0.6) is 5.75 Å². The van der Waals surface area contributed by atoms with E-state index in [0.29, 0.717) is 12.1 Å². The van der Waals surface area contributed by atoms with Crippen molar-refractivity contribution in [3.8, 4) is 5.75 Å². The number of nitrogens with two attached hydrogens (primary N) is 1. The average Bonchev–Trinajstić information content (AvgIpc) is 2.59. The van der Waals surface area contributed by atoms with Gasteiger partial charge in [-0.25, -0.2) is 0 Å². The minimum atomic E-state index is -0.413. The zero-order chi connectivity index (χ0) is 18.2. The summed E-state index contributed by atoms with van der Waals surface area (Å²) in [6.45, 7) is 4.36. The summed E-state index contributed by atoms with van der Waals surface area (Å²) in [5, 5.41) is 2.89. The van der Waals surface area contributed by atoms with Crippen LogP contribution < -0.4 is 15.8 Å². The van der Waals surface area contributed by atoms with Crippen LogP contribution in [-0.4, -0.2) is 23.7 Å². The van der Waals surface area contributed by atoms with Crippen molar-refractivity contribution in [1.29, 1.82) is 0 Å². The van der Waals surface area contributed by atoms with Crippen LogP contribution in [0, 0.1) is 0 Å². The van der Waals surface area contributed by atoms with Crippen molar-refractivity contribution >= 4 is 23.6 Å². The summed E-state index contributed by atoms with van der Waals surface area (Å²) in [5.74, 6) is 0.346. The third-order valence-corrected chi connectivity index (χ3v) is 4.35. The van der Waals surface area contributed by atoms with E-state index in [1.54, 1.807) is 18.2 Å². The number of carbonyl (C=O) groups is 2. The Balaban J connectivity index is 1.97. The highest BCUT2D eigenvalue weighted by atomic mass is 32.2. The van der Waals surface area contributed by atoms with Gasteiger partial charge in [0.25, 0.3) is 5.91 Å². The standard InChI is InChI=1S/C19H22N2O3S/c1-13(2)24-15-9-7-14(8-10-15)11-21-19(23)16-5-3-4-6-17(16)25-12-18(20)22/h3-10,13H,11-12H2,1-2H3,(H2,20,22)(H,21,23). The molecule has 6 heteroatoms. The van der Waals surface area contributed by atoms with E-state index in [4.69, 9.17) is 10.5 Å². The Morgan fingerprint density at radius 2 is 1.80 bits per heavy atom. The second-order valence-corrected chi connectivity index (χ2v) is 6.76. The molecule has 0 aliphatic rings. The van der Waals surface area contributed by atoms with Crippen LogP contribution in [0.4, 0.5) is 0 Å². The van der Waals surface area contributed by atoms with Gasteiger partial charge in [0.2, 0.25) is 5.91 Å². The largest absolute Gasteiger partial charge is 0.491 e. The Morgan fingerprint density at radius 3 is 2.44 bits per heavy atom. The Hall–Kier alpha value is -2.47. The number of thioether (sulfide) groups is 1. The summed E-state index contributed by atoms with van der Waals surface area (Å²) in [6.07, 6.45) is 0.125. The number of hydrogen-bond acceptors (Lipinski definition) is 4. The molecule has 0 saturated carbocycles. The fraction of sp³-hybridized carbons (Fsp3) is 0.263. The van der Waals surface area contributed by atoms with Gasteiger partial charge in [-0.2, -0.15) is 0 Å². The molecule has 0 radical (unpaired) electrons. The van der Waals surface area contributed by atoms with Gasteiger partial charge in [0, 0.05) is 11.4 Å². The van der Waals surface area contributed by atoms with Crippen LogP contribution in [-0.2, 0) is 11.3 Å². The van der Waals surface area contributed by atoms with Gasteiger partial charge in [-0.05, 0) is 43.7 Å². The number of primary amides is 1. The molecule has 2 aromatic carbocycles. The third-order valence-electron chi connectivity index (χ3n) is 3.25. The molecule has 0 bridgehead atoms. The topological polar surface area (TPSA) is 81.4 Å². The van der Waals surface area contributed by atoms with E-state index in [1.165, 1.54) is 11.8 Å². The van der Waals surface area contributed by atoms with Gasteiger partial charge in [-0.1, -0.05) is 24.3 Å². The van der Waals surface area contributed by atoms with Gasteiger partial charge >= 0.3 is 0 Å². The average molecular weight is 358 g/mol. The Morgan fingerprint density at radius 1 is 1.12 bits per heavy atom. The highest BCUT2D eigenvalue weighted by molar-refractivity contribution is 8.00. The summed E-state index contributed by atoms with van der Waals surface area (Å²) in [4.78, 5) is 24.1. The van der Waals surface area contributed by atoms with Gasteiger partial charge in [-0.3, -0.25) is 9.59 Å². The number of benzene rings is 2. The molecule has 0 saturated heterocycles. The zero-order valence-electron chi connectivity index (χ0n) is 14.3. The van der Waals surface area contributed by atoms with Gasteiger partial charge in [0.1, 0.15) is 5.75 Å². The summed E-state index contributed by atoms with van der Waals surface area (Å²) in [7, 11) is 0. The van der Waals surface area contributed by atoms with Crippen LogP contribution in [0.2, 0.25) is 0 Å². The van der Waals surface area contributed by atoms with Crippen molar-refractivity contribution in [2.45, 2.75) is 31.4 Å². The van der Waals surface area contributed by atoms with Crippen molar-refractivity contribution in [3.05, 3.63) is 59.7 Å². The van der Waals surface area contributed by atoms with E-state index in [9.17, 15) is 9.59 Å². The normalized spacial score (nSPS) is 10.5. The molecule has 3 N–H and O–H groups in total. The van der Waals surface area contributed by atoms with Gasteiger partial charge in [-0.15, -0.1) is 11.8 Å². The molecule has 0 atom stereocenters. The van der Waals surface area contributed by atoms with Crippen LogP contribution in [0.15, 0.2) is 53.4 Å². The maximum Gasteiger partial charge on any atom is 0.252 e. The van der Waals surface area contributed by atoms with Crippen molar-refractivity contribution in [3.63, 3.8) is 0 Å². The second-order valence-electron chi connectivity index (χ2n) is 5.74. The van der Waals surface area contributed by atoms with E-state index in [0.717, 1.165) is 16.2 Å². The smallest absolute Gasteiger partial charge is 0.252 e. The van der Waals surface area contributed by atoms with Crippen LogP contribution in [0.3, 0.4) is 0 Å². The van der Waals surface area contributed by atoms with Gasteiger partial charge in [0.15, 0.2) is 0 Å². The predicted octanol–water partition coefficient (Wildman–Crippen LogP) is 2.98. The molecule has 0 spiro atoms. The second kappa shape index (κ2) is 9.13. The molecular formula is C19H22N2O3S. The summed E-state index contributed by atoms with van der Waals surface area (Å²) in [6, 6.07) is 14.8. The van der Waals surface area contributed by atoms with Crippen LogP contribution in [0.1, 0.15) is 29.8 Å². The minimum Gasteiger partial charge on any atom is -0.491 e. The first kappa shape index (κ1) is 18.9. The molecule has 5 nitrogen and oxygen atoms in total. The van der Waals surface area contributed by atoms with Crippen LogP contribution in [0.25, 0.3) is 0 Å². The molecule has 0 aliphatic carbocycles. The minimum absolute atomic E-state index is 0.125. The number of amides is 2. The number of nitrogens with one attached hydrogen (secondary N) is 1. The lowest BCUT2D eigenvalue weighted by molar-refractivity contribution is -0.115. The first-order valence-corrected chi connectivity index (χ1v) is 8.98. The first-order chi connectivity index (χ1) is 12.0. The monoisotopic (exact) mass is 358 g/mol. The van der Waals surface area contributed by atoms with Gasteiger partial charge in [0.05, 0.1) is 17.4 Å². The first-order valence-electron chi connectivity index (χ1n) is 7.99. The summed E-state index contributed by atoms with van der Waals surface area (Å²) >= 11 is 1.26. The fourth-order valence-electron chi connectivity index (χ4n) is 2.16. The fourth-order valence-corrected chi connectivity index (χ4v) is 2.95. The highest BCUT2D eigenvalue weighted by Crippen LogP contribution is 2.22. The van der Waals surface area contributed by atoms with Crippen molar-refractivity contribution < 1.29 is 14.3 Å². The molecular weight excluding hydrogens is 336 g/mol. The summed E-state index contributed by atoms with van der Waals surface area (Å²) in [5.41, 5.74) is 6.69. The lowest BCUT2D eigenvalue weighted by atomic mass is 10.2. The zero-order valence-corrected chi connectivity index (χ0v) is 15.1. The molecule has 2 aromatic rings. The molecule has 0 heterocycles. The lowest BCUT2D eigenvalue weighted by Gasteiger charge is -2.11. The Bertz CT molecular complexity index is 730. The van der Waals surface area contributed by atoms with E-state index < -0.39 is 5.91 Å². The highest BCUT2D eigenvalue weighted by Gasteiger charge is 2.12. The van der Waals surface area contributed by atoms with Gasteiger partial charge < -0.3 is 15.8 Å². The summed E-state index contributed by atoms with van der Waals surface area (Å²) < 4.78 is 5.60. The van der Waals surface area contributed by atoms with Crippen molar-refractivity contribution in [1.82, 2.24) is 5.32 Å². The maximum atomic E-state index is 12.4. The molecule has 0 unspecified atom stereocenters. The van der Waals surface area contributed by atoms with Crippen molar-refractivity contribution in [2.75, 3.05) is 5.75 Å². The third kappa shape index (κ3) is 6.15. The number of hydrogen-bond donors (Lipinski definition) is 2. The molecule has 0 aliphatic heterocycles. The molecule has 2 rings (SSSR count). The number of rotatable bonds is 8. The van der Waals surface area contributed by atoms with E-state index >= 15 is 0 Å². The molecule has 2 amide bonds. The van der Waals surface area contributed by atoms with E-state index in [1.807, 2.05) is 44.2 Å². The molecule has 132 valence electrons. The number of ether oxygens (including phenoxy) is 1. The SMILES string of the molecule is CC(C)Oc1ccc(CNC(=O)c2ccccc2SCC(N)=O)cc1. The lowest BCUT2D eigenvalue weighted by Crippen LogP contribution is -2.23. The van der Waals surface area contributed by atoms with Crippen LogP contribution >= 0.6 is 11.8 Å². The van der Waals surface area contributed by atoms with E-state index in [-0.39, 0.29) is 17.8 Å². The quantitative estimate of drug-likeness (QED) is 0.711. The molecule has 0 aromatic heterocycles. The Kier molecular flexibility index (Phi) is 6.89. The molecule has 0 fully saturated rings. The number of carbonyl (C=O) groups excluding carboxylic acids is 2. The van der Waals surface area contributed by atoms with Crippen molar-refractivity contribution in [2.24, 2.45) is 5.73 Å². The Labute approximate surface area is 151 Å². The molecule has 25 heavy (non-hydrogen) atoms. The maximum absolute atomic E-state index is 12.4. The van der Waals surface area contributed by atoms with E-state index in [2.05, 4.69) is 5.32 Å².